The fraction of sp³-hybridized carbons (Fsp3) is 0.385. The number of carbonyl (C=O) groups is 1. The van der Waals surface area contributed by atoms with Gasteiger partial charge < -0.3 is 9.84 Å². The molecule has 0 spiro atoms. The van der Waals surface area contributed by atoms with Crippen LogP contribution in [-0.4, -0.2) is 11.1 Å². The molecule has 0 atom stereocenters. The highest BCUT2D eigenvalue weighted by Gasteiger charge is 2.17. The first-order valence-corrected chi connectivity index (χ1v) is 6.90. The second kappa shape index (κ2) is 4.57. The second-order valence-corrected chi connectivity index (χ2v) is 5.68. The van der Waals surface area contributed by atoms with Gasteiger partial charge in [0.2, 0.25) is 0 Å². The SMILES string of the molecule is Cc1cc(NC(=O)c2cc3c(s2)CCCC3)no1. The zero-order chi connectivity index (χ0) is 12.5. The van der Waals surface area contributed by atoms with Gasteiger partial charge in [-0.15, -0.1) is 11.3 Å². The van der Waals surface area contributed by atoms with Gasteiger partial charge in [-0.05, 0) is 44.2 Å². The Morgan fingerprint density at radius 2 is 2.22 bits per heavy atom. The Hall–Kier alpha value is -1.62. The molecule has 5 heteroatoms. The van der Waals surface area contributed by atoms with Crippen molar-refractivity contribution >= 4 is 23.1 Å². The van der Waals surface area contributed by atoms with E-state index in [1.165, 1.54) is 23.3 Å². The Bertz CT molecular complexity index is 562. The average molecular weight is 262 g/mol. The van der Waals surface area contributed by atoms with Crippen LogP contribution in [0.1, 0.15) is 38.7 Å². The maximum absolute atomic E-state index is 12.1. The molecule has 1 N–H and O–H groups in total. The zero-order valence-electron chi connectivity index (χ0n) is 10.2. The highest BCUT2D eigenvalue weighted by molar-refractivity contribution is 7.14. The predicted molar refractivity (Wildman–Crippen MR) is 70.2 cm³/mol. The summed E-state index contributed by atoms with van der Waals surface area (Å²) in [6.07, 6.45) is 4.67. The van der Waals surface area contributed by atoms with Crippen molar-refractivity contribution in [2.75, 3.05) is 5.32 Å². The highest BCUT2D eigenvalue weighted by atomic mass is 32.1. The van der Waals surface area contributed by atoms with Crippen molar-refractivity contribution in [3.05, 3.63) is 33.2 Å². The summed E-state index contributed by atoms with van der Waals surface area (Å²) in [5.41, 5.74) is 1.34. The van der Waals surface area contributed by atoms with E-state index in [0.717, 1.165) is 17.7 Å². The summed E-state index contributed by atoms with van der Waals surface area (Å²) in [6, 6.07) is 3.73. The van der Waals surface area contributed by atoms with E-state index in [9.17, 15) is 4.79 Å². The number of nitrogens with zero attached hydrogens (tertiary/aromatic N) is 1. The van der Waals surface area contributed by atoms with Crippen LogP contribution in [0.5, 0.6) is 0 Å². The lowest BCUT2D eigenvalue weighted by Gasteiger charge is -2.08. The fourth-order valence-corrected chi connectivity index (χ4v) is 3.35. The molecule has 94 valence electrons. The summed E-state index contributed by atoms with van der Waals surface area (Å²) >= 11 is 1.60. The minimum atomic E-state index is -0.0947. The molecule has 1 amide bonds. The van der Waals surface area contributed by atoms with Crippen LogP contribution in [0.25, 0.3) is 0 Å². The van der Waals surface area contributed by atoms with Gasteiger partial charge in [0, 0.05) is 10.9 Å². The summed E-state index contributed by atoms with van der Waals surface area (Å²) in [5.74, 6) is 1.07. The van der Waals surface area contributed by atoms with Gasteiger partial charge in [-0.2, -0.15) is 0 Å². The maximum Gasteiger partial charge on any atom is 0.266 e. The van der Waals surface area contributed by atoms with Gasteiger partial charge in [-0.3, -0.25) is 4.79 Å². The molecule has 0 radical (unpaired) electrons. The minimum absolute atomic E-state index is 0.0947. The molecular weight excluding hydrogens is 248 g/mol. The van der Waals surface area contributed by atoms with E-state index < -0.39 is 0 Å². The Kier molecular flexibility index (Phi) is 2.91. The van der Waals surface area contributed by atoms with Crippen LogP contribution >= 0.6 is 11.3 Å². The van der Waals surface area contributed by atoms with Gasteiger partial charge in [0.15, 0.2) is 5.82 Å². The summed E-state index contributed by atoms with van der Waals surface area (Å²) in [6.45, 7) is 1.80. The van der Waals surface area contributed by atoms with Crippen molar-refractivity contribution in [2.45, 2.75) is 32.6 Å². The number of amides is 1. The summed E-state index contributed by atoms with van der Waals surface area (Å²) in [4.78, 5) is 14.2. The molecule has 2 aromatic rings. The first-order chi connectivity index (χ1) is 8.72. The quantitative estimate of drug-likeness (QED) is 0.904. The molecule has 3 rings (SSSR count). The van der Waals surface area contributed by atoms with Gasteiger partial charge in [0.05, 0.1) is 4.88 Å². The predicted octanol–water partition coefficient (Wildman–Crippen LogP) is 3.18. The van der Waals surface area contributed by atoms with Crippen LogP contribution in [0.3, 0.4) is 0 Å². The van der Waals surface area contributed by atoms with Crippen molar-refractivity contribution in [3.8, 4) is 0 Å². The first-order valence-electron chi connectivity index (χ1n) is 6.08. The molecule has 2 heterocycles. The average Bonchev–Trinajstić information content (AvgIpc) is 2.95. The molecule has 0 fully saturated rings. The Balaban J connectivity index is 1.78. The van der Waals surface area contributed by atoms with Crippen LogP contribution in [0.4, 0.5) is 5.82 Å². The zero-order valence-corrected chi connectivity index (χ0v) is 11.0. The van der Waals surface area contributed by atoms with E-state index in [4.69, 9.17) is 4.52 Å². The Morgan fingerprint density at radius 1 is 1.39 bits per heavy atom. The van der Waals surface area contributed by atoms with E-state index in [1.54, 1.807) is 24.3 Å². The van der Waals surface area contributed by atoms with Crippen LogP contribution < -0.4 is 5.32 Å². The molecule has 0 aromatic carbocycles. The monoisotopic (exact) mass is 262 g/mol. The van der Waals surface area contributed by atoms with Crippen LogP contribution in [0, 0.1) is 6.92 Å². The third-order valence-electron chi connectivity index (χ3n) is 3.09. The molecule has 1 aliphatic rings. The summed E-state index contributed by atoms with van der Waals surface area (Å²) < 4.78 is 4.92. The molecule has 0 saturated heterocycles. The fourth-order valence-electron chi connectivity index (χ4n) is 2.21. The number of hydrogen-bond acceptors (Lipinski definition) is 4. The molecule has 0 aliphatic heterocycles. The van der Waals surface area contributed by atoms with Crippen LogP contribution in [-0.2, 0) is 12.8 Å². The largest absolute Gasteiger partial charge is 0.360 e. The van der Waals surface area contributed by atoms with E-state index in [1.807, 2.05) is 6.07 Å². The van der Waals surface area contributed by atoms with E-state index >= 15 is 0 Å². The lowest BCUT2D eigenvalue weighted by molar-refractivity contribution is 0.102. The summed E-state index contributed by atoms with van der Waals surface area (Å²) in [5, 5.41) is 6.52. The smallest absolute Gasteiger partial charge is 0.266 e. The number of fused-ring (bicyclic) bond motifs is 1. The Morgan fingerprint density at radius 3 is 2.94 bits per heavy atom. The maximum atomic E-state index is 12.1. The molecule has 4 nitrogen and oxygen atoms in total. The number of thiophene rings is 1. The van der Waals surface area contributed by atoms with Gasteiger partial charge in [-0.1, -0.05) is 5.16 Å². The number of rotatable bonds is 2. The molecule has 1 aliphatic carbocycles. The summed E-state index contributed by atoms with van der Waals surface area (Å²) in [7, 11) is 0. The molecule has 2 aromatic heterocycles. The lowest BCUT2D eigenvalue weighted by Crippen LogP contribution is -2.10. The molecular formula is C13H14N2O2S. The number of hydrogen-bond donors (Lipinski definition) is 1. The standard InChI is InChI=1S/C13H14N2O2S/c1-8-6-12(15-17-8)14-13(16)11-7-9-4-2-3-5-10(9)18-11/h6-7H,2-5H2,1H3,(H,14,15,16). The van der Waals surface area contributed by atoms with E-state index in [2.05, 4.69) is 10.5 Å². The Labute approximate surface area is 109 Å². The van der Waals surface area contributed by atoms with Crippen molar-refractivity contribution in [3.63, 3.8) is 0 Å². The minimum Gasteiger partial charge on any atom is -0.360 e. The van der Waals surface area contributed by atoms with Gasteiger partial charge in [0.1, 0.15) is 5.76 Å². The van der Waals surface area contributed by atoms with Crippen LogP contribution in [0.15, 0.2) is 16.7 Å². The number of carbonyl (C=O) groups excluding carboxylic acids is 1. The highest BCUT2D eigenvalue weighted by Crippen LogP contribution is 2.30. The molecule has 0 unspecified atom stereocenters. The third kappa shape index (κ3) is 2.18. The van der Waals surface area contributed by atoms with Crippen molar-refractivity contribution in [1.29, 1.82) is 0 Å². The van der Waals surface area contributed by atoms with Crippen molar-refractivity contribution in [1.82, 2.24) is 5.16 Å². The number of aryl methyl sites for hydroxylation is 3. The molecule has 18 heavy (non-hydrogen) atoms. The topological polar surface area (TPSA) is 55.1 Å². The number of anilines is 1. The van der Waals surface area contributed by atoms with Crippen molar-refractivity contribution < 1.29 is 9.32 Å². The normalized spacial score (nSPS) is 14.3. The lowest BCUT2D eigenvalue weighted by atomic mass is 9.99. The van der Waals surface area contributed by atoms with E-state index in [-0.39, 0.29) is 5.91 Å². The van der Waals surface area contributed by atoms with Gasteiger partial charge in [-0.25, -0.2) is 0 Å². The number of nitrogens with one attached hydrogen (secondary N) is 1. The number of aromatic nitrogens is 1. The molecule has 0 bridgehead atoms. The van der Waals surface area contributed by atoms with Crippen LogP contribution in [0.2, 0.25) is 0 Å². The van der Waals surface area contributed by atoms with E-state index in [0.29, 0.717) is 11.6 Å². The van der Waals surface area contributed by atoms with Crippen molar-refractivity contribution in [2.24, 2.45) is 0 Å². The van der Waals surface area contributed by atoms with Gasteiger partial charge >= 0.3 is 0 Å². The third-order valence-corrected chi connectivity index (χ3v) is 4.33. The van der Waals surface area contributed by atoms with Gasteiger partial charge in [0.25, 0.3) is 5.91 Å². The molecule has 0 saturated carbocycles. The second-order valence-electron chi connectivity index (χ2n) is 4.54. The first kappa shape index (κ1) is 11.5.